The van der Waals surface area contributed by atoms with Crippen LogP contribution in [-0.4, -0.2) is 35.2 Å². The van der Waals surface area contributed by atoms with Crippen LogP contribution in [0.15, 0.2) is 30.3 Å². The zero-order valence-electron chi connectivity index (χ0n) is 15.9. The van der Waals surface area contributed by atoms with E-state index >= 15 is 0 Å². The van der Waals surface area contributed by atoms with Crippen LogP contribution in [0.5, 0.6) is 0 Å². The van der Waals surface area contributed by atoms with E-state index in [9.17, 15) is 4.79 Å². The maximum absolute atomic E-state index is 12.3. The van der Waals surface area contributed by atoms with Crippen LogP contribution in [0.25, 0.3) is 0 Å². The summed E-state index contributed by atoms with van der Waals surface area (Å²) < 4.78 is 5.47. The van der Waals surface area contributed by atoms with E-state index in [1.165, 1.54) is 5.56 Å². The Kier molecular flexibility index (Phi) is 5.59. The molecule has 0 saturated carbocycles. The summed E-state index contributed by atoms with van der Waals surface area (Å²) in [6.45, 7) is 14.1. The number of nitrogens with zero attached hydrogens (tertiary/aromatic N) is 1. The lowest BCUT2D eigenvalue weighted by Crippen LogP contribution is -2.53. The second kappa shape index (κ2) is 7.14. The molecule has 4 heteroatoms. The summed E-state index contributed by atoms with van der Waals surface area (Å²) in [5, 5.41) is 3.15. The Hall–Kier alpha value is -1.55. The first kappa shape index (κ1) is 18.8. The smallest absolute Gasteiger partial charge is 0.408 e. The van der Waals surface area contributed by atoms with Gasteiger partial charge < -0.3 is 10.1 Å². The molecule has 24 heavy (non-hydrogen) atoms. The van der Waals surface area contributed by atoms with E-state index in [1.54, 1.807) is 0 Å². The second-order valence-corrected chi connectivity index (χ2v) is 8.17. The Bertz CT molecular complexity index is 553. The van der Waals surface area contributed by atoms with Gasteiger partial charge in [-0.05, 0) is 52.5 Å². The van der Waals surface area contributed by atoms with E-state index in [0.29, 0.717) is 12.0 Å². The van der Waals surface area contributed by atoms with Crippen LogP contribution >= 0.6 is 0 Å². The predicted molar refractivity (Wildman–Crippen MR) is 98.0 cm³/mol. The SMILES string of the molecule is CCC1CN([C@H](C)c2ccccc2)CC1(C)NC(=O)OC(C)(C)C. The molecule has 0 bridgehead atoms. The molecule has 1 aliphatic rings. The largest absolute Gasteiger partial charge is 0.444 e. The van der Waals surface area contributed by atoms with Crippen molar-refractivity contribution in [1.29, 1.82) is 0 Å². The van der Waals surface area contributed by atoms with E-state index in [0.717, 1.165) is 19.5 Å². The lowest BCUT2D eigenvalue weighted by molar-refractivity contribution is 0.0442. The fraction of sp³-hybridized carbons (Fsp3) is 0.650. The molecule has 1 fully saturated rings. The average molecular weight is 332 g/mol. The van der Waals surface area contributed by atoms with Gasteiger partial charge in [0.2, 0.25) is 0 Å². The van der Waals surface area contributed by atoms with Gasteiger partial charge in [0.05, 0.1) is 5.54 Å². The van der Waals surface area contributed by atoms with E-state index in [4.69, 9.17) is 4.74 Å². The summed E-state index contributed by atoms with van der Waals surface area (Å²) >= 11 is 0. The van der Waals surface area contributed by atoms with Crippen molar-refractivity contribution in [2.45, 2.75) is 65.1 Å². The number of carbonyl (C=O) groups is 1. The topological polar surface area (TPSA) is 41.6 Å². The van der Waals surface area contributed by atoms with Crippen molar-refractivity contribution in [3.63, 3.8) is 0 Å². The van der Waals surface area contributed by atoms with E-state index in [1.807, 2.05) is 26.8 Å². The lowest BCUT2D eigenvalue weighted by atomic mass is 9.87. The fourth-order valence-corrected chi connectivity index (χ4v) is 3.60. The first-order valence-electron chi connectivity index (χ1n) is 8.95. The number of hydrogen-bond donors (Lipinski definition) is 1. The highest BCUT2D eigenvalue weighted by Gasteiger charge is 2.45. The lowest BCUT2D eigenvalue weighted by Gasteiger charge is -2.33. The maximum atomic E-state index is 12.3. The number of rotatable bonds is 4. The van der Waals surface area contributed by atoms with Crippen LogP contribution in [0.3, 0.4) is 0 Å². The van der Waals surface area contributed by atoms with Crippen molar-refractivity contribution in [3.8, 4) is 0 Å². The molecule has 1 aromatic rings. The van der Waals surface area contributed by atoms with Gasteiger partial charge in [-0.1, -0.05) is 37.3 Å². The number of benzene rings is 1. The monoisotopic (exact) mass is 332 g/mol. The van der Waals surface area contributed by atoms with Crippen molar-refractivity contribution in [2.24, 2.45) is 5.92 Å². The molecule has 0 aliphatic carbocycles. The standard InChI is InChI=1S/C20H32N2O2/c1-7-17-13-22(15(2)16-11-9-8-10-12-16)14-20(17,6)21-18(23)24-19(3,4)5/h8-12,15,17H,7,13-14H2,1-6H3,(H,21,23)/t15-,17?,20?/m1/s1. The molecule has 0 radical (unpaired) electrons. The molecular weight excluding hydrogens is 300 g/mol. The number of amides is 1. The molecule has 0 spiro atoms. The summed E-state index contributed by atoms with van der Waals surface area (Å²) in [5.74, 6) is 0.413. The molecule has 1 aliphatic heterocycles. The van der Waals surface area contributed by atoms with E-state index in [-0.39, 0.29) is 11.6 Å². The Balaban J connectivity index is 2.09. The summed E-state index contributed by atoms with van der Waals surface area (Å²) in [4.78, 5) is 14.7. The van der Waals surface area contributed by atoms with Crippen molar-refractivity contribution >= 4 is 6.09 Å². The van der Waals surface area contributed by atoms with Gasteiger partial charge >= 0.3 is 6.09 Å². The maximum Gasteiger partial charge on any atom is 0.408 e. The Labute approximate surface area is 146 Å². The molecule has 134 valence electrons. The van der Waals surface area contributed by atoms with Gasteiger partial charge in [-0.2, -0.15) is 0 Å². The molecular formula is C20H32N2O2. The molecule has 1 aromatic carbocycles. The third-order valence-corrected chi connectivity index (χ3v) is 5.00. The van der Waals surface area contributed by atoms with Gasteiger partial charge in [0.25, 0.3) is 0 Å². The third-order valence-electron chi connectivity index (χ3n) is 5.00. The van der Waals surface area contributed by atoms with Crippen LogP contribution in [0.4, 0.5) is 4.79 Å². The molecule has 2 unspecified atom stereocenters. The number of nitrogens with one attached hydrogen (secondary N) is 1. The van der Waals surface area contributed by atoms with Gasteiger partial charge in [-0.3, -0.25) is 4.90 Å². The van der Waals surface area contributed by atoms with Crippen LogP contribution < -0.4 is 5.32 Å². The van der Waals surface area contributed by atoms with Crippen molar-refractivity contribution in [2.75, 3.05) is 13.1 Å². The zero-order chi connectivity index (χ0) is 18.0. The third kappa shape index (κ3) is 4.50. The molecule has 0 aromatic heterocycles. The molecule has 1 N–H and O–H groups in total. The first-order valence-corrected chi connectivity index (χ1v) is 8.95. The Morgan fingerprint density at radius 1 is 1.38 bits per heavy atom. The van der Waals surface area contributed by atoms with E-state index < -0.39 is 5.60 Å². The van der Waals surface area contributed by atoms with Gasteiger partial charge in [-0.25, -0.2) is 4.79 Å². The molecule has 1 heterocycles. The molecule has 4 nitrogen and oxygen atoms in total. The minimum atomic E-state index is -0.474. The number of hydrogen-bond acceptors (Lipinski definition) is 3. The first-order chi connectivity index (χ1) is 11.1. The van der Waals surface area contributed by atoms with Gasteiger partial charge in [0.1, 0.15) is 5.60 Å². The highest BCUT2D eigenvalue weighted by atomic mass is 16.6. The zero-order valence-corrected chi connectivity index (χ0v) is 15.9. The molecule has 3 atom stereocenters. The molecule has 1 amide bonds. The van der Waals surface area contributed by atoms with Gasteiger partial charge in [-0.15, -0.1) is 0 Å². The number of likely N-dealkylation sites (tertiary alicyclic amines) is 1. The number of ether oxygens (including phenoxy) is 1. The van der Waals surface area contributed by atoms with Crippen molar-refractivity contribution in [1.82, 2.24) is 10.2 Å². The van der Waals surface area contributed by atoms with Crippen LogP contribution in [0.2, 0.25) is 0 Å². The Morgan fingerprint density at radius 3 is 2.54 bits per heavy atom. The van der Waals surface area contributed by atoms with Crippen molar-refractivity contribution in [3.05, 3.63) is 35.9 Å². The molecule has 2 rings (SSSR count). The quantitative estimate of drug-likeness (QED) is 0.890. The van der Waals surface area contributed by atoms with E-state index in [2.05, 4.69) is 55.3 Å². The second-order valence-electron chi connectivity index (χ2n) is 8.17. The summed E-state index contributed by atoms with van der Waals surface area (Å²) in [5.41, 5.74) is 0.576. The van der Waals surface area contributed by atoms with Crippen LogP contribution in [0, 0.1) is 5.92 Å². The highest BCUT2D eigenvalue weighted by molar-refractivity contribution is 5.69. The fourth-order valence-electron chi connectivity index (χ4n) is 3.60. The van der Waals surface area contributed by atoms with Crippen molar-refractivity contribution < 1.29 is 9.53 Å². The molecule has 1 saturated heterocycles. The minimum absolute atomic E-state index is 0.264. The summed E-state index contributed by atoms with van der Waals surface area (Å²) in [7, 11) is 0. The average Bonchev–Trinajstić information content (AvgIpc) is 2.81. The Morgan fingerprint density at radius 2 is 2.00 bits per heavy atom. The minimum Gasteiger partial charge on any atom is -0.444 e. The number of carbonyl (C=O) groups excluding carboxylic acids is 1. The normalized spacial score (nSPS) is 26.2. The van der Waals surface area contributed by atoms with Crippen LogP contribution in [-0.2, 0) is 4.74 Å². The van der Waals surface area contributed by atoms with Gasteiger partial charge in [0.15, 0.2) is 0 Å². The van der Waals surface area contributed by atoms with Crippen LogP contribution in [0.1, 0.15) is 59.6 Å². The van der Waals surface area contributed by atoms with Gasteiger partial charge in [0, 0.05) is 19.1 Å². The predicted octanol–water partition coefficient (Wildman–Crippen LogP) is 4.37. The number of alkyl carbamates (subject to hydrolysis) is 1. The summed E-state index contributed by atoms with van der Waals surface area (Å²) in [6.07, 6.45) is 0.710. The highest BCUT2D eigenvalue weighted by Crippen LogP contribution is 2.35. The summed E-state index contributed by atoms with van der Waals surface area (Å²) in [6, 6.07) is 10.9.